The highest BCUT2D eigenvalue weighted by Crippen LogP contribution is 2.36. The zero-order chi connectivity index (χ0) is 21.2. The van der Waals surface area contributed by atoms with Crippen LogP contribution in [0, 0.1) is 3.70 Å². The van der Waals surface area contributed by atoms with Crippen molar-refractivity contribution < 1.29 is 4.43 Å². The number of benzene rings is 2. The van der Waals surface area contributed by atoms with Gasteiger partial charge in [-0.25, -0.2) is 15.0 Å². The third-order valence-corrected chi connectivity index (χ3v) is 11.3. The lowest BCUT2D eigenvalue weighted by Crippen LogP contribution is -2.66. The Labute approximate surface area is 192 Å². The van der Waals surface area contributed by atoms with Gasteiger partial charge in [-0.2, -0.15) is 0 Å². The molecular weight excluding hydrogens is 503 g/mol. The van der Waals surface area contributed by atoms with Crippen LogP contribution < -0.4 is 10.4 Å². The summed E-state index contributed by atoms with van der Waals surface area (Å²) in [6.07, 6.45) is 3.42. The van der Waals surface area contributed by atoms with Gasteiger partial charge in [0.2, 0.25) is 0 Å². The monoisotopic (exact) mass is 528 g/mol. The minimum Gasteiger partial charge on any atom is -0.406 e. The fraction of sp³-hybridized carbons (Fsp3) is 0.261. The van der Waals surface area contributed by atoms with Crippen molar-refractivity contribution in [1.82, 2.24) is 19.5 Å². The fourth-order valence-electron chi connectivity index (χ4n) is 4.07. The van der Waals surface area contributed by atoms with Gasteiger partial charge in [0.05, 0.1) is 12.9 Å². The summed E-state index contributed by atoms with van der Waals surface area (Å²) in [5.74, 6) is 0.848. The molecule has 0 saturated heterocycles. The molecule has 0 spiro atoms. The zero-order valence-corrected chi connectivity index (χ0v) is 20.6. The van der Waals surface area contributed by atoms with Gasteiger partial charge in [0.25, 0.3) is 8.32 Å². The van der Waals surface area contributed by atoms with E-state index < -0.39 is 8.32 Å². The van der Waals surface area contributed by atoms with E-state index in [2.05, 4.69) is 119 Å². The summed E-state index contributed by atoms with van der Waals surface area (Å²) in [4.78, 5) is 13.2. The van der Waals surface area contributed by atoms with Crippen LogP contribution in [0.15, 0.2) is 73.3 Å². The van der Waals surface area contributed by atoms with Crippen LogP contribution in [-0.2, 0) is 11.0 Å². The molecular formula is C23H25IN4OSi. The number of halogens is 1. The maximum Gasteiger partial charge on any atom is 0.261 e. The van der Waals surface area contributed by atoms with E-state index in [9.17, 15) is 0 Å². The Balaban J connectivity index is 1.70. The second kappa shape index (κ2) is 8.56. The van der Waals surface area contributed by atoms with Crippen molar-refractivity contribution in [2.75, 3.05) is 6.61 Å². The van der Waals surface area contributed by atoms with Crippen LogP contribution in [0.25, 0.3) is 11.5 Å². The van der Waals surface area contributed by atoms with E-state index in [1.165, 1.54) is 10.4 Å². The highest BCUT2D eigenvalue weighted by Gasteiger charge is 2.50. The first kappa shape index (κ1) is 21.1. The molecule has 2 aromatic rings. The molecule has 2 aliphatic rings. The Morgan fingerprint density at radius 1 is 0.900 bits per heavy atom. The summed E-state index contributed by atoms with van der Waals surface area (Å²) in [6.45, 7) is 8.12. The van der Waals surface area contributed by atoms with Crippen molar-refractivity contribution in [3.8, 4) is 11.5 Å². The Kier molecular flexibility index (Phi) is 6.03. The van der Waals surface area contributed by atoms with Crippen molar-refractivity contribution in [1.29, 1.82) is 0 Å². The first-order valence-electron chi connectivity index (χ1n) is 10.00. The molecule has 0 saturated carbocycles. The lowest BCUT2D eigenvalue weighted by Gasteiger charge is -2.43. The molecule has 0 amide bonds. The lowest BCUT2D eigenvalue weighted by molar-refractivity contribution is 0.280. The van der Waals surface area contributed by atoms with Gasteiger partial charge in [-0.05, 0) is 38.0 Å². The van der Waals surface area contributed by atoms with Crippen molar-refractivity contribution in [2.45, 2.75) is 32.4 Å². The molecule has 0 N–H and O–H groups in total. The van der Waals surface area contributed by atoms with Crippen LogP contribution in [0.2, 0.25) is 5.04 Å². The van der Waals surface area contributed by atoms with E-state index in [1.54, 1.807) is 6.33 Å². The molecule has 0 fully saturated rings. The first-order chi connectivity index (χ1) is 14.4. The van der Waals surface area contributed by atoms with E-state index >= 15 is 0 Å². The van der Waals surface area contributed by atoms with Gasteiger partial charge in [-0.1, -0.05) is 81.4 Å². The molecule has 5 nitrogen and oxygen atoms in total. The molecule has 0 radical (unpaired) electrons. The van der Waals surface area contributed by atoms with Crippen LogP contribution in [0.4, 0.5) is 0 Å². The molecule has 0 aromatic heterocycles. The number of nitrogens with zero attached hydrogens (tertiary/aromatic N) is 4. The third-order valence-electron chi connectivity index (χ3n) is 5.42. The van der Waals surface area contributed by atoms with Crippen LogP contribution in [-0.4, -0.2) is 34.4 Å². The molecule has 2 heterocycles. The van der Waals surface area contributed by atoms with E-state index in [-0.39, 0.29) is 5.04 Å². The predicted octanol–water partition coefficient (Wildman–Crippen LogP) is 3.96. The van der Waals surface area contributed by atoms with Crippen LogP contribution in [0.3, 0.4) is 0 Å². The van der Waals surface area contributed by atoms with Crippen molar-refractivity contribution >= 4 is 41.3 Å². The summed E-state index contributed by atoms with van der Waals surface area (Å²) >= 11 is 2.20. The number of rotatable bonds is 6. The minimum atomic E-state index is -2.54. The molecule has 2 aromatic carbocycles. The van der Waals surface area contributed by atoms with E-state index in [1.807, 2.05) is 10.9 Å². The number of hydrogen-bond acceptors (Lipinski definition) is 4. The highest BCUT2D eigenvalue weighted by molar-refractivity contribution is 14.1. The van der Waals surface area contributed by atoms with Gasteiger partial charge in [-0.15, -0.1) is 0 Å². The Hall–Kier alpha value is -2.10. The number of imidazole rings is 1. The van der Waals surface area contributed by atoms with E-state index in [0.29, 0.717) is 13.2 Å². The highest BCUT2D eigenvalue weighted by atomic mass is 127. The van der Waals surface area contributed by atoms with E-state index in [4.69, 9.17) is 4.43 Å². The van der Waals surface area contributed by atoms with Crippen LogP contribution in [0.5, 0.6) is 0 Å². The molecule has 7 heteroatoms. The summed E-state index contributed by atoms with van der Waals surface area (Å²) in [7, 11) is -2.54. The van der Waals surface area contributed by atoms with Crippen molar-refractivity contribution in [3.63, 3.8) is 0 Å². The second-order valence-electron chi connectivity index (χ2n) is 8.29. The van der Waals surface area contributed by atoms with Crippen LogP contribution in [0.1, 0.15) is 20.8 Å². The molecule has 0 unspecified atom stereocenters. The molecule has 154 valence electrons. The first-order valence-corrected chi connectivity index (χ1v) is 13.0. The summed E-state index contributed by atoms with van der Waals surface area (Å²) in [5.41, 5.74) is 0.837. The Bertz CT molecular complexity index is 1040. The third kappa shape index (κ3) is 3.81. The molecule has 0 bridgehead atoms. The lowest BCUT2D eigenvalue weighted by atomic mass is 10.2. The second-order valence-corrected chi connectivity index (χ2v) is 13.6. The largest absolute Gasteiger partial charge is 0.406 e. The number of hydrogen-bond donors (Lipinski definition) is 0. The smallest absolute Gasteiger partial charge is 0.261 e. The molecule has 2 aliphatic heterocycles. The van der Waals surface area contributed by atoms with Gasteiger partial charge in [0.15, 0.2) is 5.82 Å². The minimum absolute atomic E-state index is 0.0415. The van der Waals surface area contributed by atoms with E-state index in [0.717, 1.165) is 15.2 Å². The zero-order valence-electron chi connectivity index (χ0n) is 17.4. The average molecular weight is 528 g/mol. The Morgan fingerprint density at radius 3 is 2.07 bits per heavy atom. The molecule has 30 heavy (non-hydrogen) atoms. The average Bonchev–Trinajstić information content (AvgIpc) is 3.24. The fourth-order valence-corrected chi connectivity index (χ4v) is 9.13. The number of fused-ring (bicyclic) bond motifs is 1. The quantitative estimate of drug-likeness (QED) is 0.216. The Morgan fingerprint density at radius 2 is 1.50 bits per heavy atom. The summed E-state index contributed by atoms with van der Waals surface area (Å²) in [5, 5.41) is 2.53. The van der Waals surface area contributed by atoms with Crippen LogP contribution >= 0.6 is 22.6 Å². The maximum absolute atomic E-state index is 6.97. The van der Waals surface area contributed by atoms with Crippen molar-refractivity contribution in [2.24, 2.45) is 0 Å². The standard InChI is InChI=1S/C23H25IN4OSi/c1-23(2,3)30(18-10-6-4-7-11-18,19-12-8-5-9-13-19)29-15-14-28-17-27-21(24)20-22(28)26-16-25-20/h4-13,16-17H,14-15H2,1-3H3. The normalized spacial score (nSPS) is 12.4. The SMILES string of the molecule is CC(C)(C)[Si](OCCn1cnc(I)c2ncnc1-2)(c1ccccc1)c1ccccc1. The van der Waals surface area contributed by atoms with Gasteiger partial charge in [0, 0.05) is 6.54 Å². The van der Waals surface area contributed by atoms with Crippen molar-refractivity contribution in [3.05, 3.63) is 77.0 Å². The maximum atomic E-state index is 6.97. The molecule has 0 atom stereocenters. The molecule has 0 aliphatic carbocycles. The topological polar surface area (TPSA) is 52.8 Å². The van der Waals surface area contributed by atoms with Gasteiger partial charge >= 0.3 is 0 Å². The number of aromatic nitrogens is 4. The summed E-state index contributed by atoms with van der Waals surface area (Å²) in [6, 6.07) is 21.4. The molecule has 4 rings (SSSR count). The van der Waals surface area contributed by atoms with Gasteiger partial charge in [-0.3, -0.25) is 0 Å². The predicted molar refractivity (Wildman–Crippen MR) is 131 cm³/mol. The van der Waals surface area contributed by atoms with Gasteiger partial charge in [0.1, 0.15) is 15.7 Å². The van der Waals surface area contributed by atoms with Gasteiger partial charge < -0.3 is 8.99 Å². The summed E-state index contributed by atoms with van der Waals surface area (Å²) < 4.78 is 9.86.